The lowest BCUT2D eigenvalue weighted by Crippen LogP contribution is -2.51. The monoisotopic (exact) mass is 405 g/mol. The molecule has 0 fully saturated rings. The smallest absolute Gasteiger partial charge is 0.242 e. The molecule has 3 aromatic rings. The molecule has 1 heterocycles. The summed E-state index contributed by atoms with van der Waals surface area (Å²) in [4.78, 5) is 33.3. The van der Waals surface area contributed by atoms with Crippen molar-refractivity contribution >= 4 is 22.6 Å². The van der Waals surface area contributed by atoms with Gasteiger partial charge in [0.1, 0.15) is 6.04 Å². The lowest BCUT2D eigenvalue weighted by atomic mass is 10.0. The van der Waals surface area contributed by atoms with Crippen molar-refractivity contribution in [3.63, 3.8) is 0 Å². The Morgan fingerprint density at radius 1 is 1.00 bits per heavy atom. The van der Waals surface area contributed by atoms with Gasteiger partial charge in [0.15, 0.2) is 0 Å². The summed E-state index contributed by atoms with van der Waals surface area (Å²) in [6.07, 6.45) is 5.46. The molecule has 2 atom stereocenters. The van der Waals surface area contributed by atoms with Gasteiger partial charge in [-0.2, -0.15) is 0 Å². The summed E-state index contributed by atoms with van der Waals surface area (Å²) in [5, 5.41) is 11.1. The van der Waals surface area contributed by atoms with Crippen LogP contribution in [0.5, 0.6) is 0 Å². The first-order chi connectivity index (χ1) is 14.6. The van der Waals surface area contributed by atoms with Gasteiger partial charge in [-0.1, -0.05) is 49.4 Å². The molecule has 0 aliphatic carbocycles. The number of rotatable bonds is 9. The van der Waals surface area contributed by atoms with E-state index in [4.69, 9.17) is 0 Å². The predicted molar refractivity (Wildman–Crippen MR) is 116 cm³/mol. The number of nitrogens with zero attached hydrogens (tertiary/aromatic N) is 2. The van der Waals surface area contributed by atoms with Crippen LogP contribution in [-0.4, -0.2) is 33.9 Å². The molecule has 7 nitrogen and oxygen atoms in total. The molecule has 3 N–H and O–H groups in total. The van der Waals surface area contributed by atoms with Crippen LogP contribution in [-0.2, 0) is 22.7 Å². The van der Waals surface area contributed by atoms with Crippen LogP contribution >= 0.6 is 0 Å². The van der Waals surface area contributed by atoms with Gasteiger partial charge >= 0.3 is 0 Å². The molecular formula is C23H27N5O2. The Morgan fingerprint density at radius 2 is 1.80 bits per heavy atom. The Balaban J connectivity index is 1.51. The molecule has 156 valence electrons. The van der Waals surface area contributed by atoms with Crippen molar-refractivity contribution in [2.24, 2.45) is 0 Å². The van der Waals surface area contributed by atoms with Crippen molar-refractivity contribution in [3.05, 3.63) is 72.3 Å². The Kier molecular flexibility index (Phi) is 7.45. The summed E-state index contributed by atoms with van der Waals surface area (Å²) in [5.41, 5.74) is 1.79. The van der Waals surface area contributed by atoms with Gasteiger partial charge in [0.2, 0.25) is 11.8 Å². The lowest BCUT2D eigenvalue weighted by Gasteiger charge is -2.20. The largest absolute Gasteiger partial charge is 0.350 e. The second-order valence-corrected chi connectivity index (χ2v) is 7.12. The molecule has 0 radical (unpaired) electrons. The van der Waals surface area contributed by atoms with Gasteiger partial charge in [-0.25, -0.2) is 0 Å². The average molecular weight is 406 g/mol. The average Bonchev–Trinajstić information content (AvgIpc) is 2.78. The van der Waals surface area contributed by atoms with Gasteiger partial charge in [-0.05, 0) is 29.7 Å². The lowest BCUT2D eigenvalue weighted by molar-refractivity contribution is -0.129. The Bertz CT molecular complexity index is 988. The van der Waals surface area contributed by atoms with Gasteiger partial charge in [-0.3, -0.25) is 19.6 Å². The highest BCUT2D eigenvalue weighted by Gasteiger charge is 2.21. The summed E-state index contributed by atoms with van der Waals surface area (Å²) in [6.45, 7) is 4.44. The molecule has 0 bridgehead atoms. The first-order valence-electron chi connectivity index (χ1n) is 10.1. The van der Waals surface area contributed by atoms with Crippen molar-refractivity contribution in [2.75, 3.05) is 0 Å². The highest BCUT2D eigenvalue weighted by molar-refractivity contribution is 5.90. The van der Waals surface area contributed by atoms with Crippen LogP contribution in [0.2, 0.25) is 0 Å². The summed E-state index contributed by atoms with van der Waals surface area (Å²) in [7, 11) is 0. The van der Waals surface area contributed by atoms with Crippen LogP contribution in [0.15, 0.2) is 61.1 Å². The SMILES string of the molecule is CCC(NCc1cnccn1)C(=O)NC(C)C(=O)NCc1cccc2ccccc12. The third-order valence-electron chi connectivity index (χ3n) is 4.96. The Labute approximate surface area is 176 Å². The summed E-state index contributed by atoms with van der Waals surface area (Å²) >= 11 is 0. The topological polar surface area (TPSA) is 96.0 Å². The first-order valence-corrected chi connectivity index (χ1v) is 10.1. The highest BCUT2D eigenvalue weighted by atomic mass is 16.2. The number of hydrogen-bond donors (Lipinski definition) is 3. The van der Waals surface area contributed by atoms with Gasteiger partial charge in [-0.15, -0.1) is 0 Å². The van der Waals surface area contributed by atoms with Crippen LogP contribution in [0, 0.1) is 0 Å². The molecule has 0 saturated carbocycles. The number of aromatic nitrogens is 2. The molecule has 0 spiro atoms. The third kappa shape index (κ3) is 5.61. The Hall–Kier alpha value is -3.32. The van der Waals surface area contributed by atoms with E-state index in [9.17, 15) is 9.59 Å². The van der Waals surface area contributed by atoms with Crippen LogP contribution in [0.1, 0.15) is 31.5 Å². The van der Waals surface area contributed by atoms with E-state index in [0.29, 0.717) is 19.5 Å². The van der Waals surface area contributed by atoms with Crippen molar-refractivity contribution in [2.45, 2.75) is 45.4 Å². The number of nitrogens with one attached hydrogen (secondary N) is 3. The van der Waals surface area contributed by atoms with Crippen LogP contribution in [0.4, 0.5) is 0 Å². The van der Waals surface area contributed by atoms with E-state index in [1.165, 1.54) is 0 Å². The summed E-state index contributed by atoms with van der Waals surface area (Å²) in [6, 6.07) is 13.0. The first kappa shape index (κ1) is 21.4. The number of fused-ring (bicyclic) bond motifs is 1. The number of carbonyl (C=O) groups is 2. The van der Waals surface area contributed by atoms with Crippen molar-refractivity contribution in [1.29, 1.82) is 0 Å². The molecule has 7 heteroatoms. The molecule has 2 unspecified atom stereocenters. The molecule has 0 saturated heterocycles. The van der Waals surface area contributed by atoms with Gasteiger partial charge in [0.25, 0.3) is 0 Å². The number of benzene rings is 2. The minimum atomic E-state index is -0.639. The second kappa shape index (κ2) is 10.5. The van der Waals surface area contributed by atoms with Crippen LogP contribution in [0.3, 0.4) is 0 Å². The number of hydrogen-bond acceptors (Lipinski definition) is 5. The van der Waals surface area contributed by atoms with Gasteiger partial charge < -0.3 is 16.0 Å². The summed E-state index contributed by atoms with van der Waals surface area (Å²) in [5.74, 6) is -0.436. The fraction of sp³-hybridized carbons (Fsp3) is 0.304. The van der Waals surface area contributed by atoms with E-state index in [0.717, 1.165) is 22.0 Å². The van der Waals surface area contributed by atoms with Crippen molar-refractivity contribution in [1.82, 2.24) is 25.9 Å². The molecule has 0 aliphatic rings. The minimum Gasteiger partial charge on any atom is -0.350 e. The predicted octanol–water partition coefficient (Wildman–Crippen LogP) is 2.32. The second-order valence-electron chi connectivity index (χ2n) is 7.12. The maximum atomic E-state index is 12.6. The zero-order chi connectivity index (χ0) is 21.3. The quantitative estimate of drug-likeness (QED) is 0.508. The minimum absolute atomic E-state index is 0.214. The number of amides is 2. The van der Waals surface area contributed by atoms with E-state index in [-0.39, 0.29) is 11.8 Å². The van der Waals surface area contributed by atoms with Gasteiger partial charge in [0.05, 0.1) is 11.7 Å². The van der Waals surface area contributed by atoms with E-state index in [2.05, 4.69) is 25.9 Å². The summed E-state index contributed by atoms with van der Waals surface area (Å²) < 4.78 is 0. The van der Waals surface area contributed by atoms with E-state index >= 15 is 0 Å². The normalized spacial score (nSPS) is 12.9. The van der Waals surface area contributed by atoms with E-state index < -0.39 is 12.1 Å². The number of carbonyl (C=O) groups excluding carboxylic acids is 2. The molecule has 2 aromatic carbocycles. The molecule has 3 rings (SSSR count). The van der Waals surface area contributed by atoms with Gasteiger partial charge in [0, 0.05) is 31.7 Å². The standard InChI is InChI=1S/C23H27N5O2/c1-3-21(26-15-19-14-24-11-12-25-19)23(30)28-16(2)22(29)27-13-18-9-6-8-17-7-4-5-10-20(17)18/h4-12,14,16,21,26H,3,13,15H2,1-2H3,(H,27,29)(H,28,30). The van der Waals surface area contributed by atoms with Crippen LogP contribution < -0.4 is 16.0 Å². The molecule has 1 aromatic heterocycles. The van der Waals surface area contributed by atoms with Crippen molar-refractivity contribution in [3.8, 4) is 0 Å². The highest BCUT2D eigenvalue weighted by Crippen LogP contribution is 2.18. The zero-order valence-corrected chi connectivity index (χ0v) is 17.3. The molecule has 2 amide bonds. The Morgan fingerprint density at radius 3 is 2.57 bits per heavy atom. The van der Waals surface area contributed by atoms with E-state index in [1.54, 1.807) is 25.5 Å². The van der Waals surface area contributed by atoms with Crippen LogP contribution in [0.25, 0.3) is 10.8 Å². The zero-order valence-electron chi connectivity index (χ0n) is 17.3. The van der Waals surface area contributed by atoms with Crippen molar-refractivity contribution < 1.29 is 9.59 Å². The fourth-order valence-electron chi connectivity index (χ4n) is 3.23. The van der Waals surface area contributed by atoms with E-state index in [1.807, 2.05) is 49.4 Å². The molecular weight excluding hydrogens is 378 g/mol. The molecule has 0 aliphatic heterocycles. The third-order valence-corrected chi connectivity index (χ3v) is 4.96. The fourth-order valence-corrected chi connectivity index (χ4v) is 3.23. The maximum absolute atomic E-state index is 12.6. The molecule has 30 heavy (non-hydrogen) atoms. The maximum Gasteiger partial charge on any atom is 0.242 e.